The van der Waals surface area contributed by atoms with Gasteiger partial charge in [0.1, 0.15) is 5.82 Å². The molecule has 3 nitrogen and oxygen atoms in total. The first-order valence-corrected chi connectivity index (χ1v) is 8.14. The number of nitrogens with zero attached hydrogens (tertiary/aromatic N) is 2. The number of anilines is 1. The normalized spacial score (nSPS) is 24.9. The van der Waals surface area contributed by atoms with Gasteiger partial charge in [-0.1, -0.05) is 0 Å². The summed E-state index contributed by atoms with van der Waals surface area (Å²) < 4.78 is 1.10. The van der Waals surface area contributed by atoms with Crippen LogP contribution in [-0.2, 0) is 0 Å². The Morgan fingerprint density at radius 2 is 2.11 bits per heavy atom. The molecule has 3 heterocycles. The molecule has 2 fully saturated rings. The van der Waals surface area contributed by atoms with Gasteiger partial charge in [0.05, 0.1) is 0 Å². The Kier molecular flexibility index (Phi) is 4.08. The van der Waals surface area contributed by atoms with E-state index in [1.54, 1.807) is 0 Å². The van der Waals surface area contributed by atoms with Crippen molar-refractivity contribution >= 4 is 21.7 Å². The predicted octanol–water partition coefficient (Wildman–Crippen LogP) is 3.12. The van der Waals surface area contributed by atoms with Crippen LogP contribution in [0.5, 0.6) is 0 Å². The van der Waals surface area contributed by atoms with Gasteiger partial charge < -0.3 is 10.2 Å². The zero-order valence-corrected chi connectivity index (χ0v) is 13.1. The molecule has 0 spiro atoms. The molecule has 1 aromatic heterocycles. The highest BCUT2D eigenvalue weighted by Crippen LogP contribution is 2.28. The van der Waals surface area contributed by atoms with Crippen LogP contribution in [0.1, 0.15) is 31.2 Å². The first kappa shape index (κ1) is 13.4. The minimum absolute atomic E-state index is 0.779. The largest absolute Gasteiger partial charge is 0.357 e. The van der Waals surface area contributed by atoms with Crippen LogP contribution in [0.25, 0.3) is 0 Å². The molecule has 4 heteroatoms. The number of hydrogen-bond donors (Lipinski definition) is 1. The Balaban J connectivity index is 1.61. The first-order chi connectivity index (χ1) is 9.24. The van der Waals surface area contributed by atoms with Crippen LogP contribution in [0.3, 0.4) is 0 Å². The van der Waals surface area contributed by atoms with Gasteiger partial charge in [-0.15, -0.1) is 0 Å². The molecular weight excluding hydrogens is 302 g/mol. The van der Waals surface area contributed by atoms with Crippen LogP contribution in [0.2, 0.25) is 0 Å². The van der Waals surface area contributed by atoms with E-state index in [4.69, 9.17) is 0 Å². The van der Waals surface area contributed by atoms with Crippen molar-refractivity contribution in [2.24, 2.45) is 5.92 Å². The summed E-state index contributed by atoms with van der Waals surface area (Å²) in [5.74, 6) is 2.01. The highest BCUT2D eigenvalue weighted by Gasteiger charge is 2.28. The third-order valence-electron chi connectivity index (χ3n) is 4.56. The van der Waals surface area contributed by atoms with E-state index in [-0.39, 0.29) is 0 Å². The Hall–Kier alpha value is -0.610. The molecule has 1 N–H and O–H groups in total. The van der Waals surface area contributed by atoms with Gasteiger partial charge in [-0.05, 0) is 72.6 Å². The van der Waals surface area contributed by atoms with Gasteiger partial charge in [-0.25, -0.2) is 4.98 Å². The van der Waals surface area contributed by atoms with Gasteiger partial charge in [0.25, 0.3) is 0 Å². The lowest BCUT2D eigenvalue weighted by Crippen LogP contribution is -2.41. The fourth-order valence-electron chi connectivity index (χ4n) is 3.34. The molecule has 1 unspecified atom stereocenters. The average Bonchev–Trinajstić information content (AvgIpc) is 2.96. The van der Waals surface area contributed by atoms with Crippen molar-refractivity contribution in [1.82, 2.24) is 10.3 Å². The van der Waals surface area contributed by atoms with Crippen molar-refractivity contribution in [1.29, 1.82) is 0 Å². The molecule has 2 saturated heterocycles. The van der Waals surface area contributed by atoms with Crippen LogP contribution >= 0.6 is 15.9 Å². The summed E-state index contributed by atoms with van der Waals surface area (Å²) in [6, 6.07) is 2.97. The summed E-state index contributed by atoms with van der Waals surface area (Å²) in [4.78, 5) is 6.98. The number of rotatable bonds is 2. The van der Waals surface area contributed by atoms with E-state index in [0.29, 0.717) is 0 Å². The summed E-state index contributed by atoms with van der Waals surface area (Å²) in [6.07, 6.45) is 7.26. The Bertz CT molecular complexity index is 435. The molecule has 104 valence electrons. The molecule has 0 aromatic carbocycles. The number of piperidine rings is 1. The Morgan fingerprint density at radius 3 is 2.74 bits per heavy atom. The molecule has 3 rings (SSSR count). The molecule has 1 atom stereocenters. The highest BCUT2D eigenvalue weighted by molar-refractivity contribution is 9.10. The minimum Gasteiger partial charge on any atom is -0.357 e. The van der Waals surface area contributed by atoms with E-state index < -0.39 is 0 Å². The zero-order chi connectivity index (χ0) is 13.2. The molecule has 0 saturated carbocycles. The second kappa shape index (κ2) is 5.80. The molecule has 2 aliphatic rings. The van der Waals surface area contributed by atoms with E-state index in [0.717, 1.165) is 35.3 Å². The van der Waals surface area contributed by atoms with Crippen molar-refractivity contribution in [3.63, 3.8) is 0 Å². The molecule has 1 aromatic rings. The summed E-state index contributed by atoms with van der Waals surface area (Å²) in [6.45, 7) is 5.65. The average molecular weight is 324 g/mol. The summed E-state index contributed by atoms with van der Waals surface area (Å²) in [5.41, 5.74) is 1.27. The smallest absolute Gasteiger partial charge is 0.128 e. The molecule has 0 radical (unpaired) electrons. The number of hydrogen-bond acceptors (Lipinski definition) is 3. The first-order valence-electron chi connectivity index (χ1n) is 7.34. The minimum atomic E-state index is 0.779. The van der Waals surface area contributed by atoms with Gasteiger partial charge in [0.2, 0.25) is 0 Å². The zero-order valence-electron chi connectivity index (χ0n) is 11.5. The second-order valence-electron chi connectivity index (χ2n) is 5.82. The lowest BCUT2D eigenvalue weighted by molar-refractivity contribution is 0.318. The van der Waals surface area contributed by atoms with Crippen LogP contribution < -0.4 is 10.2 Å². The van der Waals surface area contributed by atoms with Crippen molar-refractivity contribution in [3.8, 4) is 0 Å². The topological polar surface area (TPSA) is 28.2 Å². The van der Waals surface area contributed by atoms with Crippen LogP contribution in [-0.4, -0.2) is 30.7 Å². The number of aromatic nitrogens is 1. The van der Waals surface area contributed by atoms with Crippen molar-refractivity contribution in [2.45, 2.75) is 38.6 Å². The van der Waals surface area contributed by atoms with Gasteiger partial charge in [0.15, 0.2) is 0 Å². The third-order valence-corrected chi connectivity index (χ3v) is 5.39. The van der Waals surface area contributed by atoms with Gasteiger partial charge in [-0.3, -0.25) is 0 Å². The van der Waals surface area contributed by atoms with E-state index >= 15 is 0 Å². The maximum absolute atomic E-state index is 4.55. The van der Waals surface area contributed by atoms with Gasteiger partial charge >= 0.3 is 0 Å². The number of pyridine rings is 1. The standard InChI is InChI=1S/C15H22BrN3/c1-11-9-15(18-10-13(11)16)19-7-4-12(5-8-19)14-3-2-6-17-14/h9-10,12,14,17H,2-8H2,1H3. The van der Waals surface area contributed by atoms with E-state index in [1.807, 2.05) is 6.20 Å². The predicted molar refractivity (Wildman–Crippen MR) is 82.6 cm³/mol. The fourth-order valence-corrected chi connectivity index (χ4v) is 3.56. The fraction of sp³-hybridized carbons (Fsp3) is 0.667. The molecule has 0 bridgehead atoms. The maximum Gasteiger partial charge on any atom is 0.128 e. The van der Waals surface area contributed by atoms with Crippen molar-refractivity contribution in [3.05, 3.63) is 22.3 Å². The van der Waals surface area contributed by atoms with Crippen LogP contribution in [0.4, 0.5) is 5.82 Å². The van der Waals surface area contributed by atoms with Crippen LogP contribution in [0.15, 0.2) is 16.7 Å². The quantitative estimate of drug-likeness (QED) is 0.906. The SMILES string of the molecule is Cc1cc(N2CCC(C3CCCN3)CC2)ncc1Br. The number of nitrogens with one attached hydrogen (secondary N) is 1. The van der Waals surface area contributed by atoms with Crippen molar-refractivity contribution in [2.75, 3.05) is 24.5 Å². The van der Waals surface area contributed by atoms with Crippen molar-refractivity contribution < 1.29 is 0 Å². The molecule has 2 aliphatic heterocycles. The summed E-state index contributed by atoms with van der Waals surface area (Å²) >= 11 is 3.52. The second-order valence-corrected chi connectivity index (χ2v) is 6.67. The monoisotopic (exact) mass is 323 g/mol. The van der Waals surface area contributed by atoms with Crippen LogP contribution in [0, 0.1) is 12.8 Å². The molecule has 0 aliphatic carbocycles. The summed E-state index contributed by atoms with van der Waals surface area (Å²) in [7, 11) is 0. The number of aryl methyl sites for hydroxylation is 1. The lowest BCUT2D eigenvalue weighted by Gasteiger charge is -2.35. The summed E-state index contributed by atoms with van der Waals surface area (Å²) in [5, 5.41) is 3.66. The lowest BCUT2D eigenvalue weighted by atomic mass is 9.88. The number of halogens is 1. The maximum atomic E-state index is 4.55. The van der Waals surface area contributed by atoms with E-state index in [2.05, 4.69) is 44.1 Å². The molecule has 19 heavy (non-hydrogen) atoms. The highest BCUT2D eigenvalue weighted by atomic mass is 79.9. The third kappa shape index (κ3) is 2.95. The van der Waals surface area contributed by atoms with Gasteiger partial charge in [0, 0.05) is 29.8 Å². The van der Waals surface area contributed by atoms with E-state index in [9.17, 15) is 0 Å². The Morgan fingerprint density at radius 1 is 1.32 bits per heavy atom. The molecular formula is C15H22BrN3. The molecule has 0 amide bonds. The van der Waals surface area contributed by atoms with E-state index in [1.165, 1.54) is 37.8 Å². The van der Waals surface area contributed by atoms with Gasteiger partial charge in [-0.2, -0.15) is 0 Å². The Labute approximate surface area is 123 Å².